The van der Waals surface area contributed by atoms with Gasteiger partial charge in [0.1, 0.15) is 5.52 Å². The Hall–Kier alpha value is -3.23. The Balaban J connectivity index is 1.69. The van der Waals surface area contributed by atoms with Gasteiger partial charge >= 0.3 is 6.18 Å². The van der Waals surface area contributed by atoms with Gasteiger partial charge in [0.2, 0.25) is 5.91 Å². The average molecular weight is 390 g/mol. The second-order valence-corrected chi connectivity index (χ2v) is 6.29. The third-order valence-electron chi connectivity index (χ3n) is 4.32. The van der Waals surface area contributed by atoms with Gasteiger partial charge in [-0.1, -0.05) is 35.5 Å². The molecule has 0 unspecified atom stereocenters. The Morgan fingerprint density at radius 2 is 1.79 bits per heavy atom. The van der Waals surface area contributed by atoms with Crippen molar-refractivity contribution in [2.24, 2.45) is 0 Å². The number of hydrogen-bond acceptors (Lipinski definition) is 4. The van der Waals surface area contributed by atoms with Crippen molar-refractivity contribution in [3.63, 3.8) is 0 Å². The molecule has 0 aliphatic rings. The van der Waals surface area contributed by atoms with Gasteiger partial charge in [-0.25, -0.2) is 4.68 Å². The van der Waals surface area contributed by atoms with Crippen LogP contribution >= 0.6 is 0 Å². The van der Waals surface area contributed by atoms with E-state index in [9.17, 15) is 22.8 Å². The van der Waals surface area contributed by atoms with Crippen LogP contribution in [-0.2, 0) is 24.1 Å². The molecule has 0 radical (unpaired) electrons. The van der Waals surface area contributed by atoms with Crippen molar-refractivity contribution in [3.8, 4) is 0 Å². The third kappa shape index (κ3) is 4.19. The number of aryl methyl sites for hydroxylation is 1. The smallest absolute Gasteiger partial charge is 0.341 e. The second-order valence-electron chi connectivity index (χ2n) is 6.29. The summed E-state index contributed by atoms with van der Waals surface area (Å²) in [4.78, 5) is 25.9. The summed E-state index contributed by atoms with van der Waals surface area (Å²) in [6.45, 7) is -0.201. The summed E-state index contributed by atoms with van der Waals surface area (Å²) in [5, 5.41) is 8.12. The molecule has 9 heteroatoms. The van der Waals surface area contributed by atoms with E-state index in [0.717, 1.165) is 10.7 Å². The predicted octanol–water partition coefficient (Wildman–Crippen LogP) is 2.86. The van der Waals surface area contributed by atoms with Gasteiger partial charge in [-0.3, -0.25) is 9.59 Å². The molecule has 0 aliphatic carbocycles. The number of aromatic nitrogens is 3. The number of nitrogens with zero attached hydrogens (tertiary/aromatic N) is 4. The van der Waals surface area contributed by atoms with E-state index in [1.54, 1.807) is 24.3 Å². The molecular weight excluding hydrogens is 373 g/mol. The molecule has 0 saturated heterocycles. The van der Waals surface area contributed by atoms with Crippen molar-refractivity contribution in [2.45, 2.75) is 25.7 Å². The monoisotopic (exact) mass is 390 g/mol. The van der Waals surface area contributed by atoms with Gasteiger partial charge in [0, 0.05) is 20.0 Å². The molecule has 0 atom stereocenters. The van der Waals surface area contributed by atoms with E-state index < -0.39 is 17.6 Å². The van der Waals surface area contributed by atoms with E-state index in [4.69, 9.17) is 0 Å². The average Bonchev–Trinajstić information content (AvgIpc) is 2.67. The maximum Gasteiger partial charge on any atom is 0.416 e. The van der Waals surface area contributed by atoms with Crippen molar-refractivity contribution in [1.29, 1.82) is 0 Å². The second kappa shape index (κ2) is 7.79. The Kier molecular flexibility index (Phi) is 5.43. The zero-order valence-electron chi connectivity index (χ0n) is 15.0. The van der Waals surface area contributed by atoms with Crippen molar-refractivity contribution in [3.05, 3.63) is 70.0 Å². The molecule has 146 valence electrons. The summed E-state index contributed by atoms with van der Waals surface area (Å²) in [5.41, 5.74) is -0.681. The lowest BCUT2D eigenvalue weighted by atomic mass is 10.1. The number of benzene rings is 2. The summed E-state index contributed by atoms with van der Waals surface area (Å²) in [6, 6.07) is 11.8. The zero-order chi connectivity index (χ0) is 20.3. The topological polar surface area (TPSA) is 68.1 Å². The summed E-state index contributed by atoms with van der Waals surface area (Å²) in [5.74, 6) is -0.404. The number of alkyl halides is 3. The molecule has 3 rings (SSSR count). The lowest BCUT2D eigenvalue weighted by Gasteiger charge is -2.20. The van der Waals surface area contributed by atoms with Gasteiger partial charge in [-0.05, 0) is 23.8 Å². The first-order valence-electron chi connectivity index (χ1n) is 8.49. The Labute approximate surface area is 158 Å². The minimum Gasteiger partial charge on any atom is -0.341 e. The lowest BCUT2D eigenvalue weighted by Crippen LogP contribution is -2.31. The summed E-state index contributed by atoms with van der Waals surface area (Å²) in [7, 11) is 1.42. The number of rotatable bonds is 5. The maximum absolute atomic E-state index is 13.1. The molecule has 0 bridgehead atoms. The molecule has 0 fully saturated rings. The van der Waals surface area contributed by atoms with Crippen molar-refractivity contribution < 1.29 is 18.0 Å². The largest absolute Gasteiger partial charge is 0.416 e. The van der Waals surface area contributed by atoms with Crippen LogP contribution in [0.1, 0.15) is 17.5 Å². The minimum atomic E-state index is -4.49. The van der Waals surface area contributed by atoms with E-state index >= 15 is 0 Å². The van der Waals surface area contributed by atoms with Gasteiger partial charge in [0.25, 0.3) is 5.56 Å². The fourth-order valence-corrected chi connectivity index (χ4v) is 2.84. The highest BCUT2D eigenvalue weighted by atomic mass is 19.4. The molecular formula is C19H17F3N4O2. The highest BCUT2D eigenvalue weighted by Gasteiger charge is 2.33. The molecule has 0 aliphatic heterocycles. The number of fused-ring (bicyclic) bond motifs is 1. The molecule has 1 heterocycles. The Morgan fingerprint density at radius 3 is 2.54 bits per heavy atom. The summed E-state index contributed by atoms with van der Waals surface area (Å²) >= 11 is 0. The molecule has 28 heavy (non-hydrogen) atoms. The first-order valence-corrected chi connectivity index (χ1v) is 8.49. The van der Waals surface area contributed by atoms with Crippen LogP contribution in [0.15, 0.2) is 53.3 Å². The van der Waals surface area contributed by atoms with Crippen LogP contribution in [0, 0.1) is 0 Å². The number of carbonyl (C=O) groups is 1. The number of carbonyl (C=O) groups excluding carboxylic acids is 1. The fourth-order valence-electron chi connectivity index (χ4n) is 2.84. The zero-order valence-corrected chi connectivity index (χ0v) is 15.0. The molecule has 1 aromatic heterocycles. The molecule has 6 nitrogen and oxygen atoms in total. The summed E-state index contributed by atoms with van der Waals surface area (Å²) < 4.78 is 40.3. The van der Waals surface area contributed by atoms with Gasteiger partial charge in [-0.15, -0.1) is 5.10 Å². The molecule has 3 aromatic rings. The van der Waals surface area contributed by atoms with E-state index in [-0.39, 0.29) is 30.6 Å². The van der Waals surface area contributed by atoms with Crippen LogP contribution in [0.4, 0.5) is 13.2 Å². The van der Waals surface area contributed by atoms with Gasteiger partial charge in [0.05, 0.1) is 17.5 Å². The van der Waals surface area contributed by atoms with Crippen LogP contribution in [0.2, 0.25) is 0 Å². The number of halogens is 3. The third-order valence-corrected chi connectivity index (χ3v) is 4.32. The van der Waals surface area contributed by atoms with Crippen LogP contribution in [0.25, 0.3) is 10.9 Å². The van der Waals surface area contributed by atoms with E-state index in [1.807, 2.05) is 0 Å². The van der Waals surface area contributed by atoms with Crippen molar-refractivity contribution >= 4 is 16.8 Å². The van der Waals surface area contributed by atoms with Gasteiger partial charge in [0.15, 0.2) is 0 Å². The van der Waals surface area contributed by atoms with Crippen molar-refractivity contribution in [2.75, 3.05) is 7.05 Å². The van der Waals surface area contributed by atoms with Crippen molar-refractivity contribution in [1.82, 2.24) is 19.9 Å². The Morgan fingerprint density at radius 1 is 1.11 bits per heavy atom. The van der Waals surface area contributed by atoms with Gasteiger partial charge < -0.3 is 4.90 Å². The molecule has 0 spiro atoms. The highest BCUT2D eigenvalue weighted by Crippen LogP contribution is 2.32. The van der Waals surface area contributed by atoms with Gasteiger partial charge in [-0.2, -0.15) is 13.2 Å². The first kappa shape index (κ1) is 19.5. The number of hydrogen-bond donors (Lipinski definition) is 0. The minimum absolute atomic E-state index is 0.00788. The first-order chi connectivity index (χ1) is 13.3. The fraction of sp³-hybridized carbons (Fsp3) is 0.263. The molecule has 1 amide bonds. The Bertz CT molecular complexity index is 1060. The highest BCUT2D eigenvalue weighted by molar-refractivity contribution is 5.77. The normalized spacial score (nSPS) is 11.6. The quantitative estimate of drug-likeness (QED) is 0.672. The van der Waals surface area contributed by atoms with E-state index in [2.05, 4.69) is 10.3 Å². The number of amides is 1. The van der Waals surface area contributed by atoms with Crippen LogP contribution in [-0.4, -0.2) is 32.8 Å². The molecule has 2 aromatic carbocycles. The van der Waals surface area contributed by atoms with E-state index in [1.165, 1.54) is 30.1 Å². The maximum atomic E-state index is 13.1. The summed E-state index contributed by atoms with van der Waals surface area (Å²) in [6.07, 6.45) is -4.58. The predicted molar refractivity (Wildman–Crippen MR) is 96.3 cm³/mol. The lowest BCUT2D eigenvalue weighted by molar-refractivity contribution is -0.139. The molecule has 0 N–H and O–H groups in total. The molecule has 0 saturated carbocycles. The SMILES string of the molecule is CN(Cc1ccccc1C(F)(F)F)C(=O)CCn1nnc2ccccc2c1=O. The standard InChI is InChI=1S/C19H17F3N4O2/c1-25(12-13-6-2-4-8-15(13)19(20,21)22)17(27)10-11-26-18(28)14-7-3-5-9-16(14)23-24-26/h2-9H,10-12H2,1H3. The van der Waals surface area contributed by atoms with Crippen LogP contribution < -0.4 is 5.56 Å². The van der Waals surface area contributed by atoms with Crippen LogP contribution in [0.3, 0.4) is 0 Å². The van der Waals surface area contributed by atoms with E-state index in [0.29, 0.717) is 10.9 Å². The van der Waals surface area contributed by atoms with Crippen LogP contribution in [0.5, 0.6) is 0 Å².